The molecule has 1 aliphatic carbocycles. The molecule has 3 heterocycles. The van der Waals surface area contributed by atoms with Crippen LogP contribution in [0, 0.1) is 23.7 Å². The summed E-state index contributed by atoms with van der Waals surface area (Å²) in [5.41, 5.74) is 1.47. The number of fused-ring (bicyclic) bond motifs is 1. The van der Waals surface area contributed by atoms with Crippen molar-refractivity contribution in [1.82, 2.24) is 15.5 Å². The fraction of sp³-hybridized carbons (Fsp3) is 0.517. The highest BCUT2D eigenvalue weighted by Gasteiger charge is 2.69. The van der Waals surface area contributed by atoms with Gasteiger partial charge in [0.25, 0.3) is 0 Å². The molecular weight excluding hydrogens is 438 g/mol. The standard InChI is InChI=1S/C29H37N3O3/c1-19(2)17-32-18-22-15-29(28(34)30-16-21-12-8-5-9-13-21)23(14-20-10-6-4-7-11-20)26(32)24(22)25(31-29)27(33)35-3/h4-13,19,22-26,31H,14-18H2,1-3H3,(H,30,34)/t22-,23+,24+,25?,26+,29+/m1/s1. The fourth-order valence-electron chi connectivity index (χ4n) is 7.09. The summed E-state index contributed by atoms with van der Waals surface area (Å²) in [4.78, 5) is 29.7. The average Bonchev–Trinajstić information content (AvgIpc) is 3.17. The van der Waals surface area contributed by atoms with Crippen LogP contribution in [-0.4, -0.2) is 54.6 Å². The highest BCUT2D eigenvalue weighted by Crippen LogP contribution is 2.55. The molecule has 4 aliphatic rings. The van der Waals surface area contributed by atoms with Crippen LogP contribution in [0.1, 0.15) is 31.4 Å². The van der Waals surface area contributed by atoms with Crippen LogP contribution in [0.15, 0.2) is 60.7 Å². The molecule has 3 saturated heterocycles. The van der Waals surface area contributed by atoms with Crippen molar-refractivity contribution in [3.63, 3.8) is 0 Å². The van der Waals surface area contributed by atoms with Gasteiger partial charge in [-0.05, 0) is 35.8 Å². The monoisotopic (exact) mass is 475 g/mol. The number of piperidine rings is 2. The zero-order valence-corrected chi connectivity index (χ0v) is 20.9. The van der Waals surface area contributed by atoms with Gasteiger partial charge in [-0.25, -0.2) is 0 Å². The number of carbonyl (C=O) groups is 2. The largest absolute Gasteiger partial charge is 0.468 e. The summed E-state index contributed by atoms with van der Waals surface area (Å²) in [6.07, 6.45) is 1.54. The number of nitrogens with one attached hydrogen (secondary N) is 2. The molecular formula is C29H37N3O3. The van der Waals surface area contributed by atoms with Crippen molar-refractivity contribution in [2.24, 2.45) is 23.7 Å². The van der Waals surface area contributed by atoms with Crippen LogP contribution >= 0.6 is 0 Å². The SMILES string of the molecule is COC(=O)C1N[C@@]2(C(=O)NCc3ccccc3)C[C@@H]3CN(CC(C)C)[C@H]([C@H]13)[C@@H]2Cc1ccccc1. The summed E-state index contributed by atoms with van der Waals surface area (Å²) >= 11 is 0. The Labute approximate surface area is 208 Å². The molecule has 35 heavy (non-hydrogen) atoms. The van der Waals surface area contributed by atoms with Crippen LogP contribution in [0.2, 0.25) is 0 Å². The normalized spacial score (nSPS) is 31.5. The third-order valence-electron chi connectivity index (χ3n) is 8.31. The third kappa shape index (κ3) is 4.38. The first-order valence-corrected chi connectivity index (χ1v) is 12.9. The molecule has 1 unspecified atom stereocenters. The Hall–Kier alpha value is -2.70. The minimum Gasteiger partial charge on any atom is -0.468 e. The van der Waals surface area contributed by atoms with Crippen LogP contribution in [0.5, 0.6) is 0 Å². The van der Waals surface area contributed by atoms with Gasteiger partial charge in [0, 0.05) is 37.5 Å². The molecule has 186 valence electrons. The molecule has 3 aliphatic heterocycles. The third-order valence-corrected chi connectivity index (χ3v) is 8.31. The van der Waals surface area contributed by atoms with Gasteiger partial charge in [0.05, 0.1) is 7.11 Å². The molecule has 6 heteroatoms. The number of hydrogen-bond donors (Lipinski definition) is 2. The van der Waals surface area contributed by atoms with E-state index >= 15 is 0 Å². The highest BCUT2D eigenvalue weighted by atomic mass is 16.5. The van der Waals surface area contributed by atoms with Crippen molar-refractivity contribution in [3.05, 3.63) is 71.8 Å². The molecule has 0 radical (unpaired) electrons. The van der Waals surface area contributed by atoms with Crippen molar-refractivity contribution in [2.75, 3.05) is 20.2 Å². The predicted molar refractivity (Wildman–Crippen MR) is 135 cm³/mol. The molecule has 1 amide bonds. The van der Waals surface area contributed by atoms with E-state index in [2.05, 4.69) is 53.6 Å². The van der Waals surface area contributed by atoms with E-state index < -0.39 is 11.6 Å². The summed E-state index contributed by atoms with van der Waals surface area (Å²) in [5, 5.41) is 6.82. The maximum Gasteiger partial charge on any atom is 0.323 e. The molecule has 2 N–H and O–H groups in total. The van der Waals surface area contributed by atoms with E-state index in [1.807, 2.05) is 36.4 Å². The number of amides is 1. The highest BCUT2D eigenvalue weighted by molar-refractivity contribution is 5.90. The Morgan fingerprint density at radius 1 is 1.09 bits per heavy atom. The Bertz CT molecular complexity index is 1040. The number of methoxy groups -OCH3 is 1. The van der Waals surface area contributed by atoms with Crippen molar-refractivity contribution in [1.29, 1.82) is 0 Å². The quantitative estimate of drug-likeness (QED) is 0.575. The lowest BCUT2D eigenvalue weighted by molar-refractivity contribution is -0.158. The Morgan fingerprint density at radius 2 is 1.74 bits per heavy atom. The first kappa shape index (κ1) is 24.0. The smallest absolute Gasteiger partial charge is 0.323 e. The number of ether oxygens (including phenoxy) is 1. The number of rotatable bonds is 8. The van der Waals surface area contributed by atoms with E-state index in [-0.39, 0.29) is 29.8 Å². The summed E-state index contributed by atoms with van der Waals surface area (Å²) in [5.74, 6) is 0.754. The zero-order valence-electron chi connectivity index (χ0n) is 20.9. The lowest BCUT2D eigenvalue weighted by atomic mass is 9.55. The first-order valence-electron chi connectivity index (χ1n) is 12.9. The minimum atomic E-state index is -0.820. The molecule has 2 aromatic carbocycles. The molecule has 2 aromatic rings. The number of likely N-dealkylation sites (tertiary alicyclic amines) is 1. The van der Waals surface area contributed by atoms with Gasteiger partial charge >= 0.3 is 5.97 Å². The second kappa shape index (κ2) is 9.75. The van der Waals surface area contributed by atoms with Crippen LogP contribution < -0.4 is 10.6 Å². The molecule has 0 aromatic heterocycles. The summed E-state index contributed by atoms with van der Waals surface area (Å²) < 4.78 is 5.24. The molecule has 1 saturated carbocycles. The van der Waals surface area contributed by atoms with E-state index in [1.165, 1.54) is 12.7 Å². The molecule has 4 bridgehead atoms. The number of hydrogen-bond acceptors (Lipinski definition) is 5. The van der Waals surface area contributed by atoms with Crippen LogP contribution in [0.3, 0.4) is 0 Å². The van der Waals surface area contributed by atoms with Gasteiger partial charge in [0.15, 0.2) is 0 Å². The van der Waals surface area contributed by atoms with Crippen LogP contribution in [0.25, 0.3) is 0 Å². The summed E-state index contributed by atoms with van der Waals surface area (Å²) in [6.45, 7) is 6.86. The molecule has 6 nitrogen and oxygen atoms in total. The van der Waals surface area contributed by atoms with Crippen molar-refractivity contribution >= 4 is 11.9 Å². The van der Waals surface area contributed by atoms with Gasteiger partial charge in [-0.2, -0.15) is 0 Å². The van der Waals surface area contributed by atoms with E-state index in [4.69, 9.17) is 4.74 Å². The maximum atomic E-state index is 14.1. The van der Waals surface area contributed by atoms with Crippen molar-refractivity contribution in [3.8, 4) is 0 Å². The van der Waals surface area contributed by atoms with E-state index in [1.54, 1.807) is 0 Å². The Balaban J connectivity index is 1.53. The molecule has 4 fully saturated rings. The summed E-state index contributed by atoms with van der Waals surface area (Å²) in [6, 6.07) is 20.1. The van der Waals surface area contributed by atoms with E-state index in [0.717, 1.165) is 31.5 Å². The van der Waals surface area contributed by atoms with Crippen LogP contribution in [0.4, 0.5) is 0 Å². The Kier molecular flexibility index (Phi) is 6.69. The molecule has 0 spiro atoms. The Morgan fingerprint density at radius 3 is 2.37 bits per heavy atom. The second-order valence-corrected chi connectivity index (χ2v) is 11.0. The van der Waals surface area contributed by atoms with Gasteiger partial charge in [-0.15, -0.1) is 0 Å². The number of benzene rings is 2. The van der Waals surface area contributed by atoms with Crippen LogP contribution in [-0.2, 0) is 27.3 Å². The zero-order chi connectivity index (χ0) is 24.6. The van der Waals surface area contributed by atoms with Crippen molar-refractivity contribution < 1.29 is 14.3 Å². The van der Waals surface area contributed by atoms with E-state index in [9.17, 15) is 9.59 Å². The first-order chi connectivity index (χ1) is 16.9. The van der Waals surface area contributed by atoms with Gasteiger partial charge in [0.2, 0.25) is 5.91 Å². The maximum absolute atomic E-state index is 14.1. The van der Waals surface area contributed by atoms with Crippen molar-refractivity contribution in [2.45, 2.75) is 50.9 Å². The molecule has 6 rings (SSSR count). The van der Waals surface area contributed by atoms with Gasteiger partial charge in [-0.3, -0.25) is 19.8 Å². The van der Waals surface area contributed by atoms with Gasteiger partial charge in [-0.1, -0.05) is 74.5 Å². The topological polar surface area (TPSA) is 70.7 Å². The van der Waals surface area contributed by atoms with E-state index in [0.29, 0.717) is 18.4 Å². The van der Waals surface area contributed by atoms with Gasteiger partial charge in [0.1, 0.15) is 11.6 Å². The molecule has 6 atom stereocenters. The second-order valence-electron chi connectivity index (χ2n) is 11.0. The number of esters is 1. The fourth-order valence-corrected chi connectivity index (χ4v) is 7.09. The lowest BCUT2D eigenvalue weighted by Crippen LogP contribution is -2.78. The number of nitrogens with zero attached hydrogens (tertiary/aromatic N) is 1. The predicted octanol–water partition coefficient (Wildman–Crippen LogP) is 3.02. The summed E-state index contributed by atoms with van der Waals surface area (Å²) in [7, 11) is 1.45. The minimum absolute atomic E-state index is 0.00395. The number of carbonyl (C=O) groups excluding carboxylic acids is 2. The average molecular weight is 476 g/mol. The lowest BCUT2D eigenvalue weighted by Gasteiger charge is -2.58. The van der Waals surface area contributed by atoms with Gasteiger partial charge < -0.3 is 10.1 Å².